The molecule has 3 aromatic rings. The molecule has 0 radical (unpaired) electrons. The second-order valence-electron chi connectivity index (χ2n) is 4.51. The maximum atomic E-state index is 5.95. The number of benzene rings is 2. The lowest BCUT2D eigenvalue weighted by atomic mass is 10.0. The molecule has 102 valence electrons. The molecule has 0 bridgehead atoms. The molecule has 1 N–H and O–H groups in total. The summed E-state index contributed by atoms with van der Waals surface area (Å²) in [6, 6.07) is 12.5. The summed E-state index contributed by atoms with van der Waals surface area (Å²) >= 11 is 1.61. The van der Waals surface area contributed by atoms with Crippen molar-refractivity contribution in [1.29, 1.82) is 0 Å². The van der Waals surface area contributed by atoms with Crippen LogP contribution in [0, 0.1) is 0 Å². The maximum Gasteiger partial charge on any atom is 0.140 e. The van der Waals surface area contributed by atoms with E-state index in [1.165, 1.54) is 16.3 Å². The Labute approximate surface area is 122 Å². The first-order chi connectivity index (χ1) is 9.88. The van der Waals surface area contributed by atoms with E-state index in [2.05, 4.69) is 40.6 Å². The molecule has 0 aliphatic rings. The topological polar surface area (TPSA) is 34.1 Å². The van der Waals surface area contributed by atoms with Gasteiger partial charge in [0.2, 0.25) is 0 Å². The third-order valence-electron chi connectivity index (χ3n) is 3.19. The van der Waals surface area contributed by atoms with Crippen LogP contribution in [-0.2, 0) is 13.2 Å². The van der Waals surface area contributed by atoms with Crippen molar-refractivity contribution in [2.45, 2.75) is 13.2 Å². The van der Waals surface area contributed by atoms with E-state index in [9.17, 15) is 0 Å². The smallest absolute Gasteiger partial charge is 0.140 e. The molecule has 3 nitrogen and oxygen atoms in total. The van der Waals surface area contributed by atoms with Crippen LogP contribution in [0.1, 0.15) is 10.6 Å². The highest BCUT2D eigenvalue weighted by atomic mass is 32.1. The first-order valence-corrected chi connectivity index (χ1v) is 7.43. The fourth-order valence-corrected chi connectivity index (χ4v) is 2.80. The van der Waals surface area contributed by atoms with Crippen molar-refractivity contribution in [2.24, 2.45) is 0 Å². The number of thiazole rings is 1. The predicted molar refractivity (Wildman–Crippen MR) is 83.2 cm³/mol. The summed E-state index contributed by atoms with van der Waals surface area (Å²) in [5.41, 5.74) is 1.20. The number of ether oxygens (including phenoxy) is 1. The Balaban J connectivity index is 1.94. The van der Waals surface area contributed by atoms with Gasteiger partial charge in [-0.25, -0.2) is 4.98 Å². The van der Waals surface area contributed by atoms with Gasteiger partial charge in [-0.15, -0.1) is 11.3 Å². The first kappa shape index (κ1) is 13.1. The van der Waals surface area contributed by atoms with Crippen LogP contribution in [0.5, 0.6) is 5.75 Å². The molecule has 20 heavy (non-hydrogen) atoms. The molecule has 0 saturated carbocycles. The van der Waals surface area contributed by atoms with Gasteiger partial charge in [0, 0.05) is 23.7 Å². The number of nitrogens with one attached hydrogen (secondary N) is 1. The summed E-state index contributed by atoms with van der Waals surface area (Å²) in [6.45, 7) is 1.31. The number of rotatable bonds is 5. The average molecular weight is 284 g/mol. The summed E-state index contributed by atoms with van der Waals surface area (Å²) in [7, 11) is 1.95. The molecular weight excluding hydrogens is 268 g/mol. The van der Waals surface area contributed by atoms with Crippen LogP contribution in [0.3, 0.4) is 0 Å². The Kier molecular flexibility index (Phi) is 3.95. The van der Waals surface area contributed by atoms with E-state index in [0.717, 1.165) is 17.3 Å². The second-order valence-corrected chi connectivity index (χ2v) is 5.49. The minimum Gasteiger partial charge on any atom is -0.486 e. The lowest BCUT2D eigenvalue weighted by Crippen LogP contribution is -2.08. The van der Waals surface area contributed by atoms with Crippen LogP contribution < -0.4 is 10.1 Å². The SMILES string of the molecule is CNCc1c(OCc2nccs2)ccc2ccccc12. The monoisotopic (exact) mass is 284 g/mol. The van der Waals surface area contributed by atoms with E-state index in [1.54, 1.807) is 17.5 Å². The van der Waals surface area contributed by atoms with Crippen molar-refractivity contribution in [1.82, 2.24) is 10.3 Å². The molecule has 1 heterocycles. The van der Waals surface area contributed by atoms with Gasteiger partial charge in [0.1, 0.15) is 17.4 Å². The lowest BCUT2D eigenvalue weighted by Gasteiger charge is -2.13. The zero-order chi connectivity index (χ0) is 13.8. The Morgan fingerprint density at radius 3 is 2.90 bits per heavy atom. The molecule has 0 saturated heterocycles. The van der Waals surface area contributed by atoms with Gasteiger partial charge >= 0.3 is 0 Å². The number of nitrogens with zero attached hydrogens (tertiary/aromatic N) is 1. The van der Waals surface area contributed by atoms with Gasteiger partial charge in [-0.2, -0.15) is 0 Å². The van der Waals surface area contributed by atoms with Gasteiger partial charge in [0.25, 0.3) is 0 Å². The fraction of sp³-hybridized carbons (Fsp3) is 0.188. The van der Waals surface area contributed by atoms with E-state index < -0.39 is 0 Å². The summed E-state index contributed by atoms with van der Waals surface area (Å²) < 4.78 is 5.95. The van der Waals surface area contributed by atoms with Crippen LogP contribution >= 0.6 is 11.3 Å². The first-order valence-electron chi connectivity index (χ1n) is 6.55. The highest BCUT2D eigenvalue weighted by Gasteiger charge is 2.08. The molecular formula is C16H16N2OS. The van der Waals surface area contributed by atoms with Crippen molar-refractivity contribution >= 4 is 22.1 Å². The Morgan fingerprint density at radius 2 is 2.10 bits per heavy atom. The molecule has 3 rings (SSSR count). The third kappa shape index (κ3) is 2.66. The Morgan fingerprint density at radius 1 is 1.20 bits per heavy atom. The summed E-state index contributed by atoms with van der Waals surface area (Å²) in [5.74, 6) is 0.924. The maximum absolute atomic E-state index is 5.95. The van der Waals surface area contributed by atoms with Crippen molar-refractivity contribution < 1.29 is 4.74 Å². The van der Waals surface area contributed by atoms with Crippen LogP contribution in [0.2, 0.25) is 0 Å². The summed E-state index contributed by atoms with van der Waals surface area (Å²) in [5, 5.41) is 8.65. The van der Waals surface area contributed by atoms with E-state index in [-0.39, 0.29) is 0 Å². The number of hydrogen-bond acceptors (Lipinski definition) is 4. The van der Waals surface area contributed by atoms with Gasteiger partial charge < -0.3 is 10.1 Å². The number of fused-ring (bicyclic) bond motifs is 1. The highest BCUT2D eigenvalue weighted by molar-refractivity contribution is 7.09. The Hall–Kier alpha value is -1.91. The van der Waals surface area contributed by atoms with E-state index in [4.69, 9.17) is 4.74 Å². The average Bonchev–Trinajstić information content (AvgIpc) is 3.00. The van der Waals surface area contributed by atoms with Gasteiger partial charge in [-0.05, 0) is 23.9 Å². The largest absolute Gasteiger partial charge is 0.486 e. The second kappa shape index (κ2) is 6.03. The van der Waals surface area contributed by atoms with Crippen LogP contribution in [-0.4, -0.2) is 12.0 Å². The molecule has 0 spiro atoms. The van der Waals surface area contributed by atoms with Gasteiger partial charge in [0.05, 0.1) is 0 Å². The minimum atomic E-state index is 0.521. The van der Waals surface area contributed by atoms with Crippen LogP contribution in [0.4, 0.5) is 0 Å². The number of hydrogen-bond donors (Lipinski definition) is 1. The third-order valence-corrected chi connectivity index (χ3v) is 3.94. The van der Waals surface area contributed by atoms with Crippen LogP contribution in [0.15, 0.2) is 48.0 Å². The van der Waals surface area contributed by atoms with Gasteiger partial charge in [-0.1, -0.05) is 30.3 Å². The quantitative estimate of drug-likeness (QED) is 0.777. The van der Waals surface area contributed by atoms with Crippen molar-refractivity contribution in [2.75, 3.05) is 7.05 Å². The van der Waals surface area contributed by atoms with E-state index >= 15 is 0 Å². The zero-order valence-electron chi connectivity index (χ0n) is 11.3. The van der Waals surface area contributed by atoms with Gasteiger partial charge in [-0.3, -0.25) is 0 Å². The molecule has 2 aromatic carbocycles. The molecule has 1 aromatic heterocycles. The van der Waals surface area contributed by atoms with Crippen molar-refractivity contribution in [3.8, 4) is 5.75 Å². The van der Waals surface area contributed by atoms with E-state index in [1.807, 2.05) is 18.5 Å². The normalized spacial score (nSPS) is 10.8. The molecule has 0 aliphatic heterocycles. The molecule has 0 amide bonds. The fourth-order valence-electron chi connectivity index (χ4n) is 2.27. The minimum absolute atomic E-state index is 0.521. The molecule has 0 atom stereocenters. The van der Waals surface area contributed by atoms with Gasteiger partial charge in [0.15, 0.2) is 0 Å². The lowest BCUT2D eigenvalue weighted by molar-refractivity contribution is 0.302. The van der Waals surface area contributed by atoms with Crippen molar-refractivity contribution in [3.05, 3.63) is 58.5 Å². The summed E-state index contributed by atoms with van der Waals surface area (Å²) in [6.07, 6.45) is 1.80. The summed E-state index contributed by atoms with van der Waals surface area (Å²) in [4.78, 5) is 4.25. The standard InChI is InChI=1S/C16H16N2OS/c1-17-10-14-13-5-3-2-4-12(13)6-7-15(14)19-11-16-18-8-9-20-16/h2-9,17H,10-11H2,1H3. The highest BCUT2D eigenvalue weighted by Crippen LogP contribution is 2.28. The van der Waals surface area contributed by atoms with Crippen LogP contribution in [0.25, 0.3) is 10.8 Å². The molecule has 0 aliphatic carbocycles. The number of aromatic nitrogens is 1. The van der Waals surface area contributed by atoms with E-state index in [0.29, 0.717) is 6.61 Å². The predicted octanol–water partition coefficient (Wildman–Crippen LogP) is 3.59. The van der Waals surface area contributed by atoms with Crippen molar-refractivity contribution in [3.63, 3.8) is 0 Å². The Bertz CT molecular complexity index is 695. The molecule has 0 fully saturated rings. The molecule has 4 heteroatoms. The molecule has 0 unspecified atom stereocenters. The zero-order valence-corrected chi connectivity index (χ0v) is 12.1.